The molecule has 0 bridgehead atoms. The molecule has 1 aromatic carbocycles. The third-order valence-corrected chi connectivity index (χ3v) is 3.41. The molecule has 0 aliphatic rings. The molecule has 0 saturated carbocycles. The summed E-state index contributed by atoms with van der Waals surface area (Å²) in [5, 5.41) is 13.1. The summed E-state index contributed by atoms with van der Waals surface area (Å²) in [5.74, 6) is -1.02. The predicted octanol–water partition coefficient (Wildman–Crippen LogP) is 1.49. The summed E-state index contributed by atoms with van der Waals surface area (Å²) in [6.07, 6.45) is 3.52. The van der Waals surface area contributed by atoms with Crippen molar-refractivity contribution in [1.29, 1.82) is 0 Å². The molecule has 2 heterocycles. The van der Waals surface area contributed by atoms with Gasteiger partial charge in [0.25, 0.3) is 0 Å². The van der Waals surface area contributed by atoms with E-state index in [1.807, 2.05) is 19.2 Å². The Hall–Kier alpha value is -2.83. The average molecular weight is 286 g/mol. The normalized spacial score (nSPS) is 12.6. The number of aromatic carboxylic acids is 1. The van der Waals surface area contributed by atoms with Crippen LogP contribution in [-0.4, -0.2) is 30.4 Å². The minimum Gasteiger partial charge on any atom is -0.478 e. The van der Waals surface area contributed by atoms with Crippen molar-refractivity contribution in [2.75, 3.05) is 0 Å². The Bertz CT molecular complexity index is 845. The predicted molar refractivity (Wildman–Crippen MR) is 76.5 cm³/mol. The van der Waals surface area contributed by atoms with Crippen molar-refractivity contribution in [3.63, 3.8) is 0 Å². The van der Waals surface area contributed by atoms with Crippen molar-refractivity contribution >= 4 is 17.0 Å². The van der Waals surface area contributed by atoms with E-state index in [9.17, 15) is 9.59 Å². The van der Waals surface area contributed by atoms with Crippen LogP contribution in [0.2, 0.25) is 0 Å². The average Bonchev–Trinajstić information content (AvgIpc) is 3.03. The van der Waals surface area contributed by atoms with Crippen LogP contribution in [-0.2, 0) is 6.54 Å². The first kappa shape index (κ1) is 13.2. The van der Waals surface area contributed by atoms with E-state index in [-0.39, 0.29) is 17.3 Å². The van der Waals surface area contributed by atoms with Crippen molar-refractivity contribution in [2.24, 2.45) is 0 Å². The topological polar surface area (TPSA) is 92.9 Å². The molecule has 1 unspecified atom stereocenters. The van der Waals surface area contributed by atoms with Crippen molar-refractivity contribution in [1.82, 2.24) is 19.3 Å². The number of fused-ring (bicyclic) bond motifs is 1. The van der Waals surface area contributed by atoms with Crippen molar-refractivity contribution in [3.05, 3.63) is 52.7 Å². The van der Waals surface area contributed by atoms with Gasteiger partial charge in [0.05, 0.1) is 29.2 Å². The number of aromatic amines is 1. The molecule has 7 heteroatoms. The van der Waals surface area contributed by atoms with Crippen LogP contribution in [0.15, 0.2) is 41.5 Å². The zero-order chi connectivity index (χ0) is 15.0. The van der Waals surface area contributed by atoms with Gasteiger partial charge in [-0.1, -0.05) is 0 Å². The quantitative estimate of drug-likeness (QED) is 0.759. The zero-order valence-electron chi connectivity index (χ0n) is 11.4. The first-order valence-corrected chi connectivity index (χ1v) is 6.51. The number of carboxylic acids is 1. The van der Waals surface area contributed by atoms with Crippen LogP contribution in [0, 0.1) is 0 Å². The Kier molecular flexibility index (Phi) is 3.09. The minimum atomic E-state index is -1.02. The van der Waals surface area contributed by atoms with E-state index in [2.05, 4.69) is 10.1 Å². The van der Waals surface area contributed by atoms with E-state index in [1.165, 1.54) is 12.1 Å². The van der Waals surface area contributed by atoms with Crippen molar-refractivity contribution in [2.45, 2.75) is 19.5 Å². The highest BCUT2D eigenvalue weighted by Gasteiger charge is 2.15. The van der Waals surface area contributed by atoms with Crippen LogP contribution in [0.4, 0.5) is 0 Å². The fraction of sp³-hybridized carbons (Fsp3) is 0.214. The van der Waals surface area contributed by atoms with Crippen LogP contribution in [0.25, 0.3) is 11.0 Å². The SMILES string of the molecule is CC(Cn1cccn1)n1c(=O)[nH]c2cc(C(=O)O)ccc21. The Morgan fingerprint density at radius 3 is 2.95 bits per heavy atom. The molecule has 0 fully saturated rings. The molecule has 7 nitrogen and oxygen atoms in total. The van der Waals surface area contributed by atoms with E-state index in [1.54, 1.807) is 21.5 Å². The third-order valence-electron chi connectivity index (χ3n) is 3.41. The molecule has 3 rings (SSSR count). The van der Waals surface area contributed by atoms with Gasteiger partial charge in [-0.05, 0) is 31.2 Å². The fourth-order valence-corrected chi connectivity index (χ4v) is 2.46. The van der Waals surface area contributed by atoms with Gasteiger partial charge in [0.1, 0.15) is 0 Å². The molecule has 0 radical (unpaired) electrons. The number of nitrogens with zero attached hydrogens (tertiary/aromatic N) is 3. The number of H-pyrrole nitrogens is 1. The van der Waals surface area contributed by atoms with Gasteiger partial charge in [-0.2, -0.15) is 5.10 Å². The van der Waals surface area contributed by atoms with Gasteiger partial charge in [0.15, 0.2) is 0 Å². The lowest BCUT2D eigenvalue weighted by Crippen LogP contribution is -2.23. The van der Waals surface area contributed by atoms with E-state index in [4.69, 9.17) is 5.11 Å². The second kappa shape index (κ2) is 4.93. The van der Waals surface area contributed by atoms with Crippen LogP contribution in [0.1, 0.15) is 23.3 Å². The van der Waals surface area contributed by atoms with Crippen molar-refractivity contribution < 1.29 is 9.90 Å². The maximum atomic E-state index is 12.1. The summed E-state index contributed by atoms with van der Waals surface area (Å²) in [6, 6.07) is 6.33. The van der Waals surface area contributed by atoms with Crippen LogP contribution >= 0.6 is 0 Å². The lowest BCUT2D eigenvalue weighted by atomic mass is 10.2. The van der Waals surface area contributed by atoms with E-state index in [0.29, 0.717) is 17.6 Å². The van der Waals surface area contributed by atoms with Crippen LogP contribution < -0.4 is 5.69 Å². The Morgan fingerprint density at radius 2 is 2.29 bits per heavy atom. The lowest BCUT2D eigenvalue weighted by molar-refractivity contribution is 0.0697. The standard InChI is InChI=1S/C14H14N4O3/c1-9(8-17-6-2-5-15-17)18-12-4-3-10(13(19)20)7-11(12)16-14(18)21/h2-7,9H,8H2,1H3,(H,16,21)(H,19,20). The molecule has 0 saturated heterocycles. The van der Waals surface area contributed by atoms with Gasteiger partial charge in [-0.3, -0.25) is 9.25 Å². The molecule has 1 atom stereocenters. The summed E-state index contributed by atoms with van der Waals surface area (Å²) >= 11 is 0. The number of hydrogen-bond acceptors (Lipinski definition) is 3. The number of hydrogen-bond donors (Lipinski definition) is 2. The van der Waals surface area contributed by atoms with Gasteiger partial charge in [0.2, 0.25) is 0 Å². The van der Waals surface area contributed by atoms with E-state index in [0.717, 1.165) is 0 Å². The number of benzene rings is 1. The highest BCUT2D eigenvalue weighted by Crippen LogP contribution is 2.17. The van der Waals surface area contributed by atoms with Gasteiger partial charge in [0, 0.05) is 12.4 Å². The molecule has 0 amide bonds. The Morgan fingerprint density at radius 1 is 1.48 bits per heavy atom. The number of rotatable bonds is 4. The summed E-state index contributed by atoms with van der Waals surface area (Å²) in [5.41, 5.74) is 1.10. The first-order chi connectivity index (χ1) is 10.1. The molecular weight excluding hydrogens is 272 g/mol. The van der Waals surface area contributed by atoms with Gasteiger partial charge in [-0.15, -0.1) is 0 Å². The third kappa shape index (κ3) is 2.33. The summed E-state index contributed by atoms with van der Waals surface area (Å²) in [4.78, 5) is 25.8. The van der Waals surface area contributed by atoms with Gasteiger partial charge >= 0.3 is 11.7 Å². The monoisotopic (exact) mass is 286 g/mol. The van der Waals surface area contributed by atoms with Gasteiger partial charge < -0.3 is 10.1 Å². The summed E-state index contributed by atoms with van der Waals surface area (Å²) in [6.45, 7) is 2.47. The maximum absolute atomic E-state index is 12.1. The Balaban J connectivity index is 2.04. The lowest BCUT2D eigenvalue weighted by Gasteiger charge is -2.13. The highest BCUT2D eigenvalue weighted by atomic mass is 16.4. The van der Waals surface area contributed by atoms with E-state index >= 15 is 0 Å². The minimum absolute atomic E-state index is 0.109. The second-order valence-electron chi connectivity index (χ2n) is 4.91. The molecule has 108 valence electrons. The highest BCUT2D eigenvalue weighted by molar-refractivity contribution is 5.92. The molecular formula is C14H14N4O3. The van der Waals surface area contributed by atoms with Crippen LogP contribution in [0.5, 0.6) is 0 Å². The number of carboxylic acid groups (broad SMARTS) is 1. The van der Waals surface area contributed by atoms with Crippen molar-refractivity contribution in [3.8, 4) is 0 Å². The molecule has 0 spiro atoms. The smallest absolute Gasteiger partial charge is 0.335 e. The molecule has 3 aromatic rings. The molecule has 0 aliphatic heterocycles. The molecule has 0 aliphatic carbocycles. The largest absolute Gasteiger partial charge is 0.478 e. The number of nitrogens with one attached hydrogen (secondary N) is 1. The molecule has 21 heavy (non-hydrogen) atoms. The Labute approximate surface area is 119 Å². The fourth-order valence-electron chi connectivity index (χ4n) is 2.46. The van der Waals surface area contributed by atoms with Gasteiger partial charge in [-0.25, -0.2) is 9.59 Å². The number of aromatic nitrogens is 4. The van der Waals surface area contributed by atoms with Crippen LogP contribution in [0.3, 0.4) is 0 Å². The summed E-state index contributed by atoms with van der Waals surface area (Å²) in [7, 11) is 0. The molecule has 2 N–H and O–H groups in total. The van der Waals surface area contributed by atoms with E-state index < -0.39 is 5.97 Å². The second-order valence-corrected chi connectivity index (χ2v) is 4.91. The number of imidazole rings is 1. The number of carbonyl (C=O) groups is 1. The first-order valence-electron chi connectivity index (χ1n) is 6.51. The molecule has 2 aromatic heterocycles. The zero-order valence-corrected chi connectivity index (χ0v) is 11.4. The summed E-state index contributed by atoms with van der Waals surface area (Å²) < 4.78 is 3.37. The maximum Gasteiger partial charge on any atom is 0.335 e.